The van der Waals surface area contributed by atoms with Crippen LogP contribution in [0.3, 0.4) is 0 Å². The van der Waals surface area contributed by atoms with E-state index in [1.165, 1.54) is 0 Å². The number of anilines is 1. The molecule has 3 fully saturated rings. The first-order valence-electron chi connectivity index (χ1n) is 19.9. The number of sulfonamides is 1. The van der Waals surface area contributed by atoms with E-state index in [2.05, 4.69) is 62.1 Å². The molecule has 55 heavy (non-hydrogen) atoms. The molecule has 13 heteroatoms. The molecule has 3 aromatic rings. The summed E-state index contributed by atoms with van der Waals surface area (Å²) in [5.74, 6) is -1.86. The van der Waals surface area contributed by atoms with E-state index in [0.29, 0.717) is 25.3 Å². The van der Waals surface area contributed by atoms with Gasteiger partial charge in [-0.3, -0.25) is 23.7 Å². The second-order valence-corrected chi connectivity index (χ2v) is 19.8. The smallest absolute Gasteiger partial charge is 0.297 e. The van der Waals surface area contributed by atoms with Crippen LogP contribution < -0.4 is 20.1 Å². The van der Waals surface area contributed by atoms with E-state index >= 15 is 0 Å². The van der Waals surface area contributed by atoms with E-state index in [4.69, 9.17) is 9.72 Å². The lowest BCUT2D eigenvalue weighted by atomic mass is 9.87. The van der Waals surface area contributed by atoms with Crippen LogP contribution in [-0.4, -0.2) is 75.6 Å². The van der Waals surface area contributed by atoms with E-state index in [1.54, 1.807) is 11.8 Å². The van der Waals surface area contributed by atoms with E-state index in [0.717, 1.165) is 48.0 Å². The van der Waals surface area contributed by atoms with E-state index in [1.807, 2.05) is 53.1 Å². The number of nitrogens with zero attached hydrogens (tertiary/aromatic N) is 3. The SMILES string of the molecule is CC(C)n1c(O[C@@H]2C[C@H]3C(=O)N[C@]4(C(=O)NS(=O)(=O)C5(C)CC5)C[C@H]4/C=C\CCCCC[C@H](Nc4cccc(C(C)(C)C)c4)C(=O)N3C2)nc2ccccc21. The third kappa shape index (κ3) is 7.86. The molecule has 2 aromatic carbocycles. The molecule has 7 rings (SSSR count). The van der Waals surface area contributed by atoms with Crippen molar-refractivity contribution in [3.8, 4) is 6.01 Å². The van der Waals surface area contributed by atoms with Crippen LogP contribution in [0.25, 0.3) is 11.0 Å². The number of carbonyl (C=O) groups excluding carboxylic acids is 3. The fourth-order valence-corrected chi connectivity index (χ4v) is 9.29. The van der Waals surface area contributed by atoms with Crippen molar-refractivity contribution >= 4 is 44.5 Å². The predicted molar refractivity (Wildman–Crippen MR) is 213 cm³/mol. The number of benzene rings is 2. The van der Waals surface area contributed by atoms with E-state index < -0.39 is 50.3 Å². The Morgan fingerprint density at radius 3 is 2.55 bits per heavy atom. The number of hydrogen-bond acceptors (Lipinski definition) is 8. The molecule has 3 amide bonds. The summed E-state index contributed by atoms with van der Waals surface area (Å²) >= 11 is 0. The quantitative estimate of drug-likeness (QED) is 0.231. The Morgan fingerprint density at radius 1 is 1.05 bits per heavy atom. The average Bonchev–Trinajstić information content (AvgIpc) is 3.95. The number of allylic oxidation sites excluding steroid dienone is 1. The normalized spacial score (nSPS) is 27.7. The fraction of sp³-hybridized carbons (Fsp3) is 0.571. The van der Waals surface area contributed by atoms with Gasteiger partial charge in [0.15, 0.2) is 0 Å². The summed E-state index contributed by atoms with van der Waals surface area (Å²) in [5, 5.41) is 6.52. The molecule has 0 spiro atoms. The first-order valence-corrected chi connectivity index (χ1v) is 21.4. The molecule has 2 aliphatic carbocycles. The summed E-state index contributed by atoms with van der Waals surface area (Å²) in [4.78, 5) is 49.7. The maximum absolute atomic E-state index is 14.9. The maximum atomic E-state index is 14.9. The van der Waals surface area contributed by atoms with Gasteiger partial charge in [-0.25, -0.2) is 8.42 Å². The van der Waals surface area contributed by atoms with Crippen LogP contribution in [0.5, 0.6) is 6.01 Å². The van der Waals surface area contributed by atoms with Crippen molar-refractivity contribution in [2.24, 2.45) is 5.92 Å². The highest BCUT2D eigenvalue weighted by atomic mass is 32.2. The Labute approximate surface area is 324 Å². The number of hydrogen-bond donors (Lipinski definition) is 3. The Balaban J connectivity index is 1.22. The molecule has 1 saturated heterocycles. The van der Waals surface area contributed by atoms with Gasteiger partial charge in [0.1, 0.15) is 23.7 Å². The Bertz CT molecular complexity index is 2100. The second-order valence-electron chi connectivity index (χ2n) is 17.6. The van der Waals surface area contributed by atoms with E-state index in [9.17, 15) is 22.8 Å². The Hall–Kier alpha value is -4.39. The number of imidazole rings is 1. The lowest BCUT2D eigenvalue weighted by Gasteiger charge is -2.30. The van der Waals surface area contributed by atoms with Gasteiger partial charge in [-0.15, -0.1) is 0 Å². The van der Waals surface area contributed by atoms with Gasteiger partial charge >= 0.3 is 0 Å². The third-order valence-electron chi connectivity index (χ3n) is 11.9. The van der Waals surface area contributed by atoms with Gasteiger partial charge in [-0.2, -0.15) is 4.98 Å². The van der Waals surface area contributed by atoms with Crippen LogP contribution in [0, 0.1) is 5.92 Å². The predicted octanol–water partition coefficient (Wildman–Crippen LogP) is 6.14. The maximum Gasteiger partial charge on any atom is 0.297 e. The monoisotopic (exact) mass is 772 g/mol. The van der Waals surface area contributed by atoms with Crippen LogP contribution in [-0.2, 0) is 29.8 Å². The molecule has 3 N–H and O–H groups in total. The summed E-state index contributed by atoms with van der Waals surface area (Å²) in [6.07, 6.45) is 8.66. The molecule has 0 bridgehead atoms. The first kappa shape index (κ1) is 38.9. The summed E-state index contributed by atoms with van der Waals surface area (Å²) in [6.45, 7) is 12.3. The first-order chi connectivity index (χ1) is 26.0. The van der Waals surface area contributed by atoms with Crippen molar-refractivity contribution in [2.75, 3.05) is 11.9 Å². The summed E-state index contributed by atoms with van der Waals surface area (Å²) in [5.41, 5.74) is 2.12. The van der Waals surface area contributed by atoms with Crippen molar-refractivity contribution < 1.29 is 27.5 Å². The third-order valence-corrected chi connectivity index (χ3v) is 14.1. The zero-order valence-corrected chi connectivity index (χ0v) is 33.7. The molecule has 1 aromatic heterocycles. The molecular formula is C42H56N6O6S. The molecule has 2 aliphatic heterocycles. The topological polar surface area (TPSA) is 152 Å². The minimum absolute atomic E-state index is 0.0315. The van der Waals surface area contributed by atoms with Crippen LogP contribution >= 0.6 is 0 Å². The number of ether oxygens (including phenoxy) is 1. The molecule has 3 heterocycles. The molecule has 0 radical (unpaired) electrons. The highest BCUT2D eigenvalue weighted by Crippen LogP contribution is 2.47. The molecule has 12 nitrogen and oxygen atoms in total. The van der Waals surface area contributed by atoms with Gasteiger partial charge in [-0.1, -0.05) is 70.0 Å². The van der Waals surface area contributed by atoms with Gasteiger partial charge in [0.05, 0.1) is 22.3 Å². The summed E-state index contributed by atoms with van der Waals surface area (Å²) in [6, 6.07) is 14.7. The number of para-hydroxylation sites is 2. The largest absolute Gasteiger partial charge is 0.459 e. The summed E-state index contributed by atoms with van der Waals surface area (Å²) < 4.78 is 36.4. The Morgan fingerprint density at radius 2 is 1.82 bits per heavy atom. The van der Waals surface area contributed by atoms with Crippen molar-refractivity contribution in [1.29, 1.82) is 0 Å². The molecule has 5 atom stereocenters. The number of amides is 3. The highest BCUT2D eigenvalue weighted by Gasteiger charge is 2.63. The Kier molecular flexibility index (Phi) is 10.3. The number of carbonyl (C=O) groups is 3. The number of fused-ring (bicyclic) bond motifs is 3. The van der Waals surface area contributed by atoms with E-state index in [-0.39, 0.29) is 42.7 Å². The lowest BCUT2D eigenvalue weighted by Crippen LogP contribution is -2.58. The van der Waals surface area contributed by atoms with Gasteiger partial charge in [0.25, 0.3) is 11.9 Å². The number of nitrogens with one attached hydrogen (secondary N) is 3. The van der Waals surface area contributed by atoms with Gasteiger partial charge < -0.3 is 20.3 Å². The zero-order valence-electron chi connectivity index (χ0n) is 32.9. The van der Waals surface area contributed by atoms with Gasteiger partial charge in [-0.05, 0) is 94.5 Å². The molecule has 296 valence electrons. The number of aromatic nitrogens is 2. The highest BCUT2D eigenvalue weighted by molar-refractivity contribution is 7.91. The lowest BCUT2D eigenvalue weighted by molar-refractivity contribution is -0.140. The van der Waals surface area contributed by atoms with Crippen molar-refractivity contribution in [2.45, 2.75) is 139 Å². The van der Waals surface area contributed by atoms with Crippen LogP contribution in [0.2, 0.25) is 0 Å². The van der Waals surface area contributed by atoms with Crippen molar-refractivity contribution in [3.05, 3.63) is 66.2 Å². The number of rotatable bonds is 8. The standard InChI is InChI=1S/C42H56N6O6S/c1-27(2)48-34-20-13-12-18-32(34)44-39(48)54-31-24-35-36(49)45-42(38(51)46-55(52,53)41(6)21-22-41)25-29(42)15-10-8-7-9-11-19-33(37(50)47(35)26-31)43-30-17-14-16-28(23-30)40(3,4)5/h10,12-18,20,23,27,29,31,33,35,43H,7-9,11,19,21-22,24-26H2,1-6H3,(H,45,49)(H,46,51)/b15-10-/t29-,31-,33+,35+,42-/m1/s1. The van der Waals surface area contributed by atoms with Gasteiger partial charge in [0, 0.05) is 24.1 Å². The average molecular weight is 773 g/mol. The second kappa shape index (κ2) is 14.6. The molecule has 0 unspecified atom stereocenters. The summed E-state index contributed by atoms with van der Waals surface area (Å²) in [7, 11) is -3.95. The zero-order chi connectivity index (χ0) is 39.3. The molecule has 4 aliphatic rings. The van der Waals surface area contributed by atoms with Crippen LogP contribution in [0.4, 0.5) is 5.69 Å². The fourth-order valence-electron chi connectivity index (χ4n) is 7.98. The van der Waals surface area contributed by atoms with Crippen LogP contribution in [0.1, 0.15) is 111 Å². The molecular weight excluding hydrogens is 717 g/mol. The van der Waals surface area contributed by atoms with Crippen LogP contribution in [0.15, 0.2) is 60.7 Å². The van der Waals surface area contributed by atoms with Crippen molar-refractivity contribution in [1.82, 2.24) is 24.5 Å². The minimum atomic E-state index is -3.95. The molecule has 2 saturated carbocycles. The van der Waals surface area contributed by atoms with Gasteiger partial charge in [0.2, 0.25) is 21.8 Å². The van der Waals surface area contributed by atoms with Crippen molar-refractivity contribution in [3.63, 3.8) is 0 Å². The minimum Gasteiger partial charge on any atom is -0.459 e.